The van der Waals surface area contributed by atoms with Crippen LogP contribution in [0.15, 0.2) is 4.99 Å². The maximum Gasteiger partial charge on any atom is 0.277 e. The molecule has 0 radical (unpaired) electrons. The number of nitrogens with zero attached hydrogens (tertiary/aromatic N) is 2. The molecule has 0 atom stereocenters. The van der Waals surface area contributed by atoms with Gasteiger partial charge in [0.1, 0.15) is 6.61 Å². The summed E-state index contributed by atoms with van der Waals surface area (Å²) in [7, 11) is 0. The van der Waals surface area contributed by atoms with E-state index in [0.717, 1.165) is 0 Å². The standard InChI is InChI=1S/C6H10N2O3/c1-6(2)4-11-5(7-6)3-8(9)10/h3-4H2,1-2H3. The van der Waals surface area contributed by atoms with Crippen LogP contribution in [0.4, 0.5) is 0 Å². The summed E-state index contributed by atoms with van der Waals surface area (Å²) in [5.74, 6) is 0.236. The van der Waals surface area contributed by atoms with Crippen molar-refractivity contribution >= 4 is 5.90 Å². The second-order valence-electron chi connectivity index (χ2n) is 3.10. The van der Waals surface area contributed by atoms with E-state index in [4.69, 9.17) is 4.74 Å². The smallest absolute Gasteiger partial charge is 0.277 e. The molecular weight excluding hydrogens is 148 g/mol. The van der Waals surface area contributed by atoms with E-state index in [-0.39, 0.29) is 18.0 Å². The molecule has 1 aliphatic heterocycles. The minimum atomic E-state index is -0.444. The highest BCUT2D eigenvalue weighted by Crippen LogP contribution is 2.16. The van der Waals surface area contributed by atoms with Crippen molar-refractivity contribution < 1.29 is 9.66 Å². The molecule has 0 unspecified atom stereocenters. The topological polar surface area (TPSA) is 64.7 Å². The van der Waals surface area contributed by atoms with E-state index < -0.39 is 4.92 Å². The Morgan fingerprint density at radius 1 is 1.82 bits per heavy atom. The van der Waals surface area contributed by atoms with E-state index in [1.807, 2.05) is 13.8 Å². The number of hydrogen-bond acceptors (Lipinski definition) is 4. The first-order valence-electron chi connectivity index (χ1n) is 3.33. The highest BCUT2D eigenvalue weighted by Gasteiger charge is 2.28. The minimum Gasteiger partial charge on any atom is -0.474 e. The molecule has 0 aliphatic carbocycles. The zero-order valence-corrected chi connectivity index (χ0v) is 6.53. The van der Waals surface area contributed by atoms with Gasteiger partial charge in [-0.3, -0.25) is 10.1 Å². The van der Waals surface area contributed by atoms with Gasteiger partial charge in [0.25, 0.3) is 12.4 Å². The Morgan fingerprint density at radius 3 is 2.82 bits per heavy atom. The van der Waals surface area contributed by atoms with Crippen LogP contribution in [0.25, 0.3) is 0 Å². The monoisotopic (exact) mass is 158 g/mol. The van der Waals surface area contributed by atoms with Crippen LogP contribution in [0.2, 0.25) is 0 Å². The molecule has 0 amide bonds. The average Bonchev–Trinajstić information content (AvgIpc) is 2.08. The first kappa shape index (κ1) is 7.97. The summed E-state index contributed by atoms with van der Waals surface area (Å²) in [6, 6.07) is 0. The van der Waals surface area contributed by atoms with Crippen molar-refractivity contribution in [1.29, 1.82) is 0 Å². The highest BCUT2D eigenvalue weighted by molar-refractivity contribution is 5.79. The van der Waals surface area contributed by atoms with Gasteiger partial charge in [-0.1, -0.05) is 0 Å². The number of hydrogen-bond donors (Lipinski definition) is 0. The molecule has 1 heterocycles. The maximum absolute atomic E-state index is 10.0. The Kier molecular flexibility index (Phi) is 1.80. The van der Waals surface area contributed by atoms with Gasteiger partial charge in [0.2, 0.25) is 0 Å². The van der Waals surface area contributed by atoms with Gasteiger partial charge in [-0.15, -0.1) is 0 Å². The first-order chi connectivity index (χ1) is 4.99. The molecule has 0 saturated carbocycles. The molecule has 5 nitrogen and oxygen atoms in total. The van der Waals surface area contributed by atoms with Gasteiger partial charge in [0, 0.05) is 4.92 Å². The Hall–Kier alpha value is -1.13. The summed E-state index contributed by atoms with van der Waals surface area (Å²) in [4.78, 5) is 13.6. The summed E-state index contributed by atoms with van der Waals surface area (Å²) in [6.07, 6.45) is 0. The fourth-order valence-electron chi connectivity index (χ4n) is 0.853. The Labute approximate surface area is 64.2 Å². The summed E-state index contributed by atoms with van der Waals surface area (Å²) in [5.41, 5.74) is -0.286. The molecule has 62 valence electrons. The molecule has 11 heavy (non-hydrogen) atoms. The van der Waals surface area contributed by atoms with Crippen LogP contribution < -0.4 is 0 Å². The largest absolute Gasteiger partial charge is 0.474 e. The molecular formula is C6H10N2O3. The van der Waals surface area contributed by atoms with Crippen LogP contribution in [0.5, 0.6) is 0 Å². The number of aliphatic imine (C=N–C) groups is 1. The number of nitro groups is 1. The van der Waals surface area contributed by atoms with Crippen molar-refractivity contribution in [2.75, 3.05) is 13.2 Å². The fourth-order valence-corrected chi connectivity index (χ4v) is 0.853. The molecule has 0 aromatic heterocycles. The minimum absolute atomic E-state index is 0.236. The molecule has 1 rings (SSSR count). The zero-order valence-electron chi connectivity index (χ0n) is 6.53. The highest BCUT2D eigenvalue weighted by atomic mass is 16.6. The van der Waals surface area contributed by atoms with Crippen LogP contribution in [0, 0.1) is 10.1 Å². The normalized spacial score (nSPS) is 20.7. The number of ether oxygens (including phenoxy) is 1. The van der Waals surface area contributed by atoms with Crippen LogP contribution in [-0.2, 0) is 4.74 Å². The van der Waals surface area contributed by atoms with Gasteiger partial charge >= 0.3 is 0 Å². The Bertz CT molecular complexity index is 210. The van der Waals surface area contributed by atoms with E-state index in [1.54, 1.807) is 0 Å². The van der Waals surface area contributed by atoms with Crippen molar-refractivity contribution in [3.8, 4) is 0 Å². The maximum atomic E-state index is 10.0. The SMILES string of the molecule is CC1(C)COC(C[N+](=O)[O-])=N1. The predicted molar refractivity (Wildman–Crippen MR) is 39.3 cm³/mol. The molecule has 0 aromatic carbocycles. The summed E-state index contributed by atoms with van der Waals surface area (Å²) >= 11 is 0. The van der Waals surface area contributed by atoms with E-state index in [1.165, 1.54) is 0 Å². The van der Waals surface area contributed by atoms with Gasteiger partial charge in [0.15, 0.2) is 0 Å². The summed E-state index contributed by atoms with van der Waals surface area (Å²) in [5, 5.41) is 10.0. The van der Waals surface area contributed by atoms with E-state index in [9.17, 15) is 10.1 Å². The zero-order chi connectivity index (χ0) is 8.48. The summed E-state index contributed by atoms with van der Waals surface area (Å²) < 4.78 is 4.99. The van der Waals surface area contributed by atoms with Crippen molar-refractivity contribution in [2.45, 2.75) is 19.4 Å². The lowest BCUT2D eigenvalue weighted by Gasteiger charge is -2.07. The van der Waals surface area contributed by atoms with E-state index in [2.05, 4.69) is 4.99 Å². The lowest BCUT2D eigenvalue weighted by atomic mass is 10.1. The molecule has 0 bridgehead atoms. The lowest BCUT2D eigenvalue weighted by molar-refractivity contribution is -0.465. The summed E-state index contributed by atoms with van der Waals surface area (Å²) in [6.45, 7) is 3.89. The molecule has 0 saturated heterocycles. The van der Waals surface area contributed by atoms with Gasteiger partial charge < -0.3 is 4.74 Å². The Morgan fingerprint density at radius 2 is 2.45 bits per heavy atom. The Balaban J connectivity index is 2.56. The van der Waals surface area contributed by atoms with Crippen molar-refractivity contribution in [2.24, 2.45) is 4.99 Å². The van der Waals surface area contributed by atoms with Gasteiger partial charge in [-0.05, 0) is 13.8 Å². The van der Waals surface area contributed by atoms with Gasteiger partial charge in [-0.25, -0.2) is 4.99 Å². The van der Waals surface area contributed by atoms with E-state index >= 15 is 0 Å². The quantitative estimate of drug-likeness (QED) is 0.433. The lowest BCUT2D eigenvalue weighted by Crippen LogP contribution is -2.17. The molecule has 0 fully saturated rings. The second kappa shape index (κ2) is 2.48. The third-order valence-electron chi connectivity index (χ3n) is 1.28. The van der Waals surface area contributed by atoms with E-state index in [0.29, 0.717) is 6.61 Å². The van der Waals surface area contributed by atoms with Crippen molar-refractivity contribution in [3.63, 3.8) is 0 Å². The van der Waals surface area contributed by atoms with Crippen LogP contribution >= 0.6 is 0 Å². The third-order valence-corrected chi connectivity index (χ3v) is 1.28. The van der Waals surface area contributed by atoms with Crippen LogP contribution in [0.1, 0.15) is 13.8 Å². The van der Waals surface area contributed by atoms with Crippen LogP contribution in [-0.4, -0.2) is 29.5 Å². The molecule has 0 aromatic rings. The average molecular weight is 158 g/mol. The van der Waals surface area contributed by atoms with Crippen molar-refractivity contribution in [1.82, 2.24) is 0 Å². The predicted octanol–water partition coefficient (Wildman–Crippen LogP) is 0.470. The third kappa shape index (κ3) is 2.18. The van der Waals surface area contributed by atoms with Crippen molar-refractivity contribution in [3.05, 3.63) is 10.1 Å². The molecule has 0 N–H and O–H groups in total. The molecule has 0 spiro atoms. The first-order valence-corrected chi connectivity index (χ1v) is 3.33. The van der Waals surface area contributed by atoms with Gasteiger partial charge in [-0.2, -0.15) is 0 Å². The van der Waals surface area contributed by atoms with Gasteiger partial charge in [0.05, 0.1) is 5.54 Å². The number of rotatable bonds is 2. The van der Waals surface area contributed by atoms with Crippen LogP contribution in [0.3, 0.4) is 0 Å². The molecule has 5 heteroatoms. The fraction of sp³-hybridized carbons (Fsp3) is 0.833. The second-order valence-corrected chi connectivity index (χ2v) is 3.10. The molecule has 1 aliphatic rings.